The lowest BCUT2D eigenvalue weighted by Gasteiger charge is -2.34. The minimum Gasteiger partial charge on any atom is -0.336 e. The highest BCUT2D eigenvalue weighted by Crippen LogP contribution is 2.29. The number of amides is 1. The van der Waals surface area contributed by atoms with Gasteiger partial charge >= 0.3 is 6.18 Å². The van der Waals surface area contributed by atoms with Crippen molar-refractivity contribution in [2.75, 3.05) is 26.2 Å². The van der Waals surface area contributed by atoms with Crippen LogP contribution in [0.5, 0.6) is 0 Å². The van der Waals surface area contributed by atoms with Crippen LogP contribution in [-0.2, 0) is 12.7 Å². The molecule has 1 saturated heterocycles. The Bertz CT molecular complexity index is 840. The number of nitrogens with one attached hydrogen (secondary N) is 1. The van der Waals surface area contributed by atoms with Crippen molar-refractivity contribution < 1.29 is 18.0 Å². The van der Waals surface area contributed by atoms with E-state index in [1.807, 2.05) is 4.90 Å². The molecule has 0 spiro atoms. The van der Waals surface area contributed by atoms with Crippen LogP contribution in [0, 0.1) is 0 Å². The van der Waals surface area contributed by atoms with Gasteiger partial charge < -0.3 is 9.88 Å². The highest BCUT2D eigenvalue weighted by molar-refractivity contribution is 5.93. The standard InChI is InChI=1S/C18H18F3N3O2/c19-18(20,21)14-4-1-3-13(11-14)12-23-7-9-24(10-8-23)17(26)15-5-2-6-22-16(15)25/h1-6,11H,7-10,12H2,(H,22,25). The van der Waals surface area contributed by atoms with E-state index in [4.69, 9.17) is 0 Å². The molecule has 1 N–H and O–H groups in total. The molecule has 0 bridgehead atoms. The fraction of sp³-hybridized carbons (Fsp3) is 0.333. The Morgan fingerprint density at radius 2 is 1.81 bits per heavy atom. The summed E-state index contributed by atoms with van der Waals surface area (Å²) in [6, 6.07) is 8.35. The molecule has 0 aliphatic carbocycles. The number of carbonyl (C=O) groups is 1. The number of halogens is 3. The minimum absolute atomic E-state index is 0.0961. The molecule has 1 aromatic carbocycles. The fourth-order valence-electron chi connectivity index (χ4n) is 2.97. The van der Waals surface area contributed by atoms with E-state index in [1.165, 1.54) is 18.3 Å². The summed E-state index contributed by atoms with van der Waals surface area (Å²) in [5, 5.41) is 0. The summed E-state index contributed by atoms with van der Waals surface area (Å²) in [6.07, 6.45) is -2.89. The first-order valence-electron chi connectivity index (χ1n) is 8.20. The van der Waals surface area contributed by atoms with Gasteiger partial charge in [0.15, 0.2) is 0 Å². The number of nitrogens with zero attached hydrogens (tertiary/aromatic N) is 2. The quantitative estimate of drug-likeness (QED) is 0.909. The maximum atomic E-state index is 12.8. The summed E-state index contributed by atoms with van der Waals surface area (Å²) < 4.78 is 38.4. The van der Waals surface area contributed by atoms with Crippen LogP contribution in [-0.4, -0.2) is 46.9 Å². The van der Waals surface area contributed by atoms with Gasteiger partial charge in [0.05, 0.1) is 5.56 Å². The van der Waals surface area contributed by atoms with E-state index >= 15 is 0 Å². The number of hydrogen-bond acceptors (Lipinski definition) is 3. The maximum Gasteiger partial charge on any atom is 0.416 e. The van der Waals surface area contributed by atoms with Gasteiger partial charge in [-0.1, -0.05) is 18.2 Å². The summed E-state index contributed by atoms with van der Waals surface area (Å²) in [5.41, 5.74) is -0.408. The third-order valence-electron chi connectivity index (χ3n) is 4.37. The number of carbonyl (C=O) groups excluding carboxylic acids is 1. The molecule has 1 aliphatic heterocycles. The second kappa shape index (κ2) is 7.33. The Labute approximate surface area is 148 Å². The lowest BCUT2D eigenvalue weighted by Crippen LogP contribution is -2.49. The number of aromatic amines is 1. The topological polar surface area (TPSA) is 56.4 Å². The average Bonchev–Trinajstić information content (AvgIpc) is 2.62. The van der Waals surface area contributed by atoms with E-state index in [1.54, 1.807) is 17.0 Å². The third kappa shape index (κ3) is 4.13. The van der Waals surface area contributed by atoms with E-state index in [9.17, 15) is 22.8 Å². The first-order valence-corrected chi connectivity index (χ1v) is 8.20. The number of rotatable bonds is 3. The zero-order valence-electron chi connectivity index (χ0n) is 13.9. The highest BCUT2D eigenvalue weighted by atomic mass is 19.4. The molecule has 8 heteroatoms. The van der Waals surface area contributed by atoms with Gasteiger partial charge in [-0.05, 0) is 23.8 Å². The Kier molecular flexibility index (Phi) is 5.13. The van der Waals surface area contributed by atoms with Crippen LogP contribution < -0.4 is 5.56 Å². The molecule has 1 aliphatic rings. The van der Waals surface area contributed by atoms with Crippen molar-refractivity contribution >= 4 is 5.91 Å². The van der Waals surface area contributed by atoms with Crippen LogP contribution in [0.3, 0.4) is 0 Å². The Morgan fingerprint density at radius 1 is 1.08 bits per heavy atom. The zero-order chi connectivity index (χ0) is 18.7. The Balaban J connectivity index is 1.60. The van der Waals surface area contributed by atoms with Gasteiger partial charge in [0.2, 0.25) is 0 Å². The first-order chi connectivity index (χ1) is 12.3. The number of H-pyrrole nitrogens is 1. The van der Waals surface area contributed by atoms with E-state index in [2.05, 4.69) is 4.98 Å². The van der Waals surface area contributed by atoms with Gasteiger partial charge in [0.1, 0.15) is 5.56 Å². The molecular formula is C18H18F3N3O2. The lowest BCUT2D eigenvalue weighted by molar-refractivity contribution is -0.137. The number of piperazine rings is 1. The highest BCUT2D eigenvalue weighted by Gasteiger charge is 2.30. The molecule has 138 valence electrons. The zero-order valence-corrected chi connectivity index (χ0v) is 13.9. The molecule has 2 heterocycles. The van der Waals surface area contributed by atoms with Gasteiger partial charge in [-0.25, -0.2) is 0 Å². The van der Waals surface area contributed by atoms with Gasteiger partial charge in [-0.3, -0.25) is 14.5 Å². The molecular weight excluding hydrogens is 347 g/mol. The third-order valence-corrected chi connectivity index (χ3v) is 4.37. The van der Waals surface area contributed by atoms with Crippen molar-refractivity contribution in [1.29, 1.82) is 0 Å². The number of pyridine rings is 1. The Morgan fingerprint density at radius 3 is 2.46 bits per heavy atom. The second-order valence-corrected chi connectivity index (χ2v) is 6.18. The van der Waals surface area contributed by atoms with Crippen LogP contribution >= 0.6 is 0 Å². The monoisotopic (exact) mass is 365 g/mol. The van der Waals surface area contributed by atoms with Gasteiger partial charge in [-0.2, -0.15) is 13.2 Å². The molecule has 5 nitrogen and oxygen atoms in total. The first kappa shape index (κ1) is 18.2. The van der Waals surface area contributed by atoms with E-state index in [0.29, 0.717) is 38.3 Å². The number of hydrogen-bond donors (Lipinski definition) is 1. The lowest BCUT2D eigenvalue weighted by atomic mass is 10.1. The molecule has 0 saturated carbocycles. The molecule has 0 radical (unpaired) electrons. The molecule has 1 fully saturated rings. The van der Waals surface area contributed by atoms with Gasteiger partial charge in [0.25, 0.3) is 11.5 Å². The summed E-state index contributed by atoms with van der Waals surface area (Å²) in [6.45, 7) is 2.30. The number of benzene rings is 1. The average molecular weight is 365 g/mol. The molecule has 0 unspecified atom stereocenters. The van der Waals surface area contributed by atoms with Crippen molar-refractivity contribution in [1.82, 2.24) is 14.8 Å². The van der Waals surface area contributed by atoms with Crippen molar-refractivity contribution in [2.24, 2.45) is 0 Å². The summed E-state index contributed by atoms with van der Waals surface area (Å²) >= 11 is 0. The molecule has 0 atom stereocenters. The SMILES string of the molecule is O=C(c1ccc[nH]c1=O)N1CCN(Cc2cccc(C(F)(F)F)c2)CC1. The van der Waals surface area contributed by atoms with Crippen molar-refractivity contribution in [3.8, 4) is 0 Å². The number of alkyl halides is 3. The van der Waals surface area contributed by atoms with Crippen molar-refractivity contribution in [3.63, 3.8) is 0 Å². The molecule has 1 aromatic heterocycles. The number of aromatic nitrogens is 1. The summed E-state index contributed by atoms with van der Waals surface area (Å²) in [7, 11) is 0. The molecule has 2 aromatic rings. The van der Waals surface area contributed by atoms with Crippen LogP contribution in [0.2, 0.25) is 0 Å². The van der Waals surface area contributed by atoms with Gasteiger partial charge in [-0.15, -0.1) is 0 Å². The van der Waals surface area contributed by atoms with Crippen LogP contribution in [0.1, 0.15) is 21.5 Å². The predicted octanol–water partition coefficient (Wildman–Crippen LogP) is 2.35. The van der Waals surface area contributed by atoms with Crippen molar-refractivity contribution in [3.05, 3.63) is 69.6 Å². The van der Waals surface area contributed by atoms with Crippen LogP contribution in [0.4, 0.5) is 13.2 Å². The maximum absolute atomic E-state index is 12.8. The molecule has 3 rings (SSSR count). The van der Waals surface area contributed by atoms with Crippen LogP contribution in [0.25, 0.3) is 0 Å². The fourth-order valence-corrected chi connectivity index (χ4v) is 2.97. The summed E-state index contributed by atoms with van der Waals surface area (Å²) in [4.78, 5) is 30.2. The predicted molar refractivity (Wildman–Crippen MR) is 89.7 cm³/mol. The normalized spacial score (nSPS) is 15.9. The molecule has 26 heavy (non-hydrogen) atoms. The largest absolute Gasteiger partial charge is 0.416 e. The minimum atomic E-state index is -4.36. The molecule has 1 amide bonds. The Hall–Kier alpha value is -2.61. The van der Waals surface area contributed by atoms with E-state index in [0.717, 1.165) is 12.1 Å². The summed E-state index contributed by atoms with van der Waals surface area (Å²) in [5.74, 6) is -0.328. The van der Waals surface area contributed by atoms with Gasteiger partial charge in [0, 0.05) is 38.9 Å². The van der Waals surface area contributed by atoms with Crippen LogP contribution in [0.15, 0.2) is 47.4 Å². The van der Waals surface area contributed by atoms with E-state index < -0.39 is 17.3 Å². The smallest absolute Gasteiger partial charge is 0.336 e. The van der Waals surface area contributed by atoms with Crippen molar-refractivity contribution in [2.45, 2.75) is 12.7 Å². The second-order valence-electron chi connectivity index (χ2n) is 6.18. The van der Waals surface area contributed by atoms with E-state index in [-0.39, 0.29) is 11.5 Å².